The van der Waals surface area contributed by atoms with E-state index in [0.29, 0.717) is 6.54 Å². The summed E-state index contributed by atoms with van der Waals surface area (Å²) < 4.78 is 0. The molecular weight excluding hydrogens is 290 g/mol. The predicted octanol–water partition coefficient (Wildman–Crippen LogP) is 2.20. The van der Waals surface area contributed by atoms with Gasteiger partial charge in [0.15, 0.2) is 0 Å². The van der Waals surface area contributed by atoms with Gasteiger partial charge >= 0.3 is 6.03 Å². The Kier molecular flexibility index (Phi) is 6.42. The van der Waals surface area contributed by atoms with Crippen molar-refractivity contribution in [3.05, 3.63) is 35.4 Å². The summed E-state index contributed by atoms with van der Waals surface area (Å²) in [5.41, 5.74) is 2.43. The molecule has 2 rings (SSSR count). The number of rotatable bonds is 5. The van der Waals surface area contributed by atoms with Gasteiger partial charge in [-0.15, -0.1) is 0 Å². The van der Waals surface area contributed by atoms with Crippen LogP contribution in [0.15, 0.2) is 24.3 Å². The van der Waals surface area contributed by atoms with Gasteiger partial charge in [-0.2, -0.15) is 0 Å². The molecule has 0 bridgehead atoms. The summed E-state index contributed by atoms with van der Waals surface area (Å²) >= 11 is 0. The van der Waals surface area contributed by atoms with Crippen LogP contribution < -0.4 is 10.6 Å². The Morgan fingerprint density at radius 1 is 1.22 bits per heavy atom. The number of likely N-dealkylation sites (N-methyl/N-ethyl adjacent to an activating group) is 1. The van der Waals surface area contributed by atoms with Gasteiger partial charge in [0, 0.05) is 12.6 Å². The second kappa shape index (κ2) is 8.31. The minimum absolute atomic E-state index is 0.120. The number of benzene rings is 1. The average molecular weight is 319 g/mol. The first-order valence-corrected chi connectivity index (χ1v) is 8.41. The quantitative estimate of drug-likeness (QED) is 0.779. The maximum atomic E-state index is 12.1. The van der Waals surface area contributed by atoms with E-state index in [4.69, 9.17) is 0 Å². The summed E-state index contributed by atoms with van der Waals surface area (Å²) in [6.07, 6.45) is 3.05. The molecule has 3 N–H and O–H groups in total. The van der Waals surface area contributed by atoms with Crippen molar-refractivity contribution in [3.8, 4) is 0 Å². The average Bonchev–Trinajstić information content (AvgIpc) is 2.51. The highest BCUT2D eigenvalue weighted by atomic mass is 16.3. The number of nitrogens with zero attached hydrogens (tertiary/aromatic N) is 1. The highest BCUT2D eigenvalue weighted by molar-refractivity contribution is 5.74. The standard InChI is InChI=1S/C18H29N3O2/c1-13-4-6-14(7-5-13)17(21(2)3)12-19-18(23)20-15-8-10-16(22)11-9-15/h4-7,15-17,22H,8-12H2,1-3H3,(H2,19,20,23). The molecule has 0 aliphatic heterocycles. The molecule has 0 aromatic heterocycles. The molecule has 0 spiro atoms. The summed E-state index contributed by atoms with van der Waals surface area (Å²) in [5.74, 6) is 0. The first-order chi connectivity index (χ1) is 11.0. The van der Waals surface area contributed by atoms with Crippen LogP contribution >= 0.6 is 0 Å². The number of nitrogens with one attached hydrogen (secondary N) is 2. The van der Waals surface area contributed by atoms with E-state index in [9.17, 15) is 9.90 Å². The van der Waals surface area contributed by atoms with Gasteiger partial charge in [0.05, 0.1) is 12.1 Å². The van der Waals surface area contributed by atoms with Crippen molar-refractivity contribution in [1.29, 1.82) is 0 Å². The lowest BCUT2D eigenvalue weighted by Crippen LogP contribution is -2.46. The predicted molar refractivity (Wildman–Crippen MR) is 92.4 cm³/mol. The van der Waals surface area contributed by atoms with Crippen LogP contribution in [0.3, 0.4) is 0 Å². The van der Waals surface area contributed by atoms with Crippen LogP contribution in [0, 0.1) is 6.92 Å². The Morgan fingerprint density at radius 3 is 2.39 bits per heavy atom. The smallest absolute Gasteiger partial charge is 0.315 e. The van der Waals surface area contributed by atoms with Gasteiger partial charge in [-0.1, -0.05) is 29.8 Å². The monoisotopic (exact) mass is 319 g/mol. The Bertz CT molecular complexity index is 493. The van der Waals surface area contributed by atoms with E-state index >= 15 is 0 Å². The first kappa shape index (κ1) is 17.8. The first-order valence-electron chi connectivity index (χ1n) is 8.41. The molecule has 1 aromatic carbocycles. The molecule has 0 heterocycles. The molecule has 2 amide bonds. The number of aliphatic hydroxyl groups excluding tert-OH is 1. The Labute approximate surface area is 139 Å². The second-order valence-electron chi connectivity index (χ2n) is 6.75. The van der Waals surface area contributed by atoms with E-state index < -0.39 is 0 Å². The van der Waals surface area contributed by atoms with Crippen molar-refractivity contribution in [2.45, 2.75) is 50.8 Å². The van der Waals surface area contributed by atoms with Crippen LogP contribution in [0.4, 0.5) is 4.79 Å². The van der Waals surface area contributed by atoms with Crippen molar-refractivity contribution in [2.24, 2.45) is 0 Å². The highest BCUT2D eigenvalue weighted by Crippen LogP contribution is 2.19. The SMILES string of the molecule is Cc1ccc(C(CNC(=O)NC2CCC(O)CC2)N(C)C)cc1. The number of hydrogen-bond acceptors (Lipinski definition) is 3. The van der Waals surface area contributed by atoms with Crippen LogP contribution in [0.5, 0.6) is 0 Å². The molecule has 0 saturated heterocycles. The molecule has 128 valence electrons. The van der Waals surface area contributed by atoms with Crippen molar-refractivity contribution in [2.75, 3.05) is 20.6 Å². The molecule has 1 saturated carbocycles. The zero-order valence-electron chi connectivity index (χ0n) is 14.4. The lowest BCUT2D eigenvalue weighted by Gasteiger charge is -2.28. The zero-order valence-corrected chi connectivity index (χ0v) is 14.4. The molecule has 1 aromatic rings. The molecule has 1 aliphatic rings. The van der Waals surface area contributed by atoms with Crippen molar-refractivity contribution >= 4 is 6.03 Å². The Morgan fingerprint density at radius 2 is 1.83 bits per heavy atom. The number of urea groups is 1. The second-order valence-corrected chi connectivity index (χ2v) is 6.75. The number of hydrogen-bond donors (Lipinski definition) is 3. The van der Waals surface area contributed by atoms with E-state index in [-0.39, 0.29) is 24.2 Å². The molecule has 0 radical (unpaired) electrons. The summed E-state index contributed by atoms with van der Waals surface area (Å²) in [6, 6.07) is 8.62. The van der Waals surface area contributed by atoms with Crippen LogP contribution in [-0.4, -0.2) is 48.8 Å². The maximum Gasteiger partial charge on any atom is 0.315 e. The number of aryl methyl sites for hydroxylation is 1. The fourth-order valence-electron chi connectivity index (χ4n) is 3.03. The Hall–Kier alpha value is -1.59. The minimum Gasteiger partial charge on any atom is -0.393 e. The van der Waals surface area contributed by atoms with E-state index in [0.717, 1.165) is 25.7 Å². The number of aliphatic hydroxyl groups is 1. The Balaban J connectivity index is 1.84. The molecule has 1 atom stereocenters. The molecule has 5 heteroatoms. The van der Waals surface area contributed by atoms with Gasteiger partial charge < -0.3 is 20.6 Å². The molecule has 1 fully saturated rings. The fourth-order valence-corrected chi connectivity index (χ4v) is 3.03. The van der Waals surface area contributed by atoms with Gasteiger partial charge in [0.1, 0.15) is 0 Å². The maximum absolute atomic E-state index is 12.1. The third-order valence-corrected chi connectivity index (χ3v) is 4.57. The van der Waals surface area contributed by atoms with Crippen LogP contribution in [-0.2, 0) is 0 Å². The van der Waals surface area contributed by atoms with Crippen molar-refractivity contribution in [3.63, 3.8) is 0 Å². The molecule has 1 unspecified atom stereocenters. The van der Waals surface area contributed by atoms with Gasteiger partial charge in [-0.3, -0.25) is 0 Å². The van der Waals surface area contributed by atoms with E-state index in [1.807, 2.05) is 14.1 Å². The van der Waals surface area contributed by atoms with Gasteiger partial charge in [0.25, 0.3) is 0 Å². The van der Waals surface area contributed by atoms with E-state index in [2.05, 4.69) is 46.7 Å². The molecular formula is C18H29N3O2. The summed E-state index contributed by atoms with van der Waals surface area (Å²) in [5, 5.41) is 15.5. The number of carbonyl (C=O) groups is 1. The number of carbonyl (C=O) groups excluding carboxylic acids is 1. The van der Waals surface area contributed by atoms with Crippen LogP contribution in [0.2, 0.25) is 0 Å². The van der Waals surface area contributed by atoms with Crippen molar-refractivity contribution < 1.29 is 9.90 Å². The minimum atomic E-state index is -0.198. The van der Waals surface area contributed by atoms with Gasteiger partial charge in [-0.05, 0) is 52.3 Å². The normalized spacial score (nSPS) is 22.7. The highest BCUT2D eigenvalue weighted by Gasteiger charge is 2.21. The topological polar surface area (TPSA) is 64.6 Å². The zero-order chi connectivity index (χ0) is 16.8. The summed E-state index contributed by atoms with van der Waals surface area (Å²) in [7, 11) is 4.04. The van der Waals surface area contributed by atoms with E-state index in [1.54, 1.807) is 0 Å². The summed E-state index contributed by atoms with van der Waals surface area (Å²) in [6.45, 7) is 2.64. The molecule has 23 heavy (non-hydrogen) atoms. The summed E-state index contributed by atoms with van der Waals surface area (Å²) in [4.78, 5) is 14.2. The lowest BCUT2D eigenvalue weighted by atomic mass is 9.93. The molecule has 5 nitrogen and oxygen atoms in total. The van der Waals surface area contributed by atoms with E-state index in [1.165, 1.54) is 11.1 Å². The van der Waals surface area contributed by atoms with Gasteiger partial charge in [-0.25, -0.2) is 4.79 Å². The van der Waals surface area contributed by atoms with Crippen molar-refractivity contribution in [1.82, 2.24) is 15.5 Å². The van der Waals surface area contributed by atoms with Crippen LogP contribution in [0.25, 0.3) is 0 Å². The fraction of sp³-hybridized carbons (Fsp3) is 0.611. The lowest BCUT2D eigenvalue weighted by molar-refractivity contribution is 0.117. The third kappa shape index (κ3) is 5.52. The third-order valence-electron chi connectivity index (χ3n) is 4.57. The number of amides is 2. The van der Waals surface area contributed by atoms with Gasteiger partial charge in [0.2, 0.25) is 0 Å². The largest absolute Gasteiger partial charge is 0.393 e. The molecule has 1 aliphatic carbocycles. The van der Waals surface area contributed by atoms with Crippen LogP contribution in [0.1, 0.15) is 42.9 Å².